The van der Waals surface area contributed by atoms with Gasteiger partial charge in [0.2, 0.25) is 5.78 Å². The minimum absolute atomic E-state index is 0.270. The van der Waals surface area contributed by atoms with E-state index in [9.17, 15) is 14.4 Å². The van der Waals surface area contributed by atoms with Gasteiger partial charge < -0.3 is 14.8 Å². The van der Waals surface area contributed by atoms with Crippen LogP contribution in [0.25, 0.3) is 0 Å². The van der Waals surface area contributed by atoms with E-state index in [2.05, 4.69) is 5.32 Å². The highest BCUT2D eigenvalue weighted by atomic mass is 16.5. The fraction of sp³-hybridized carbons (Fsp3) is 0.318. The molecule has 2 rings (SSSR count). The Labute approximate surface area is 164 Å². The zero-order valence-corrected chi connectivity index (χ0v) is 16.8. The van der Waals surface area contributed by atoms with E-state index in [0.717, 1.165) is 16.7 Å². The van der Waals surface area contributed by atoms with Crippen molar-refractivity contribution >= 4 is 17.7 Å². The van der Waals surface area contributed by atoms with E-state index in [4.69, 9.17) is 9.47 Å². The summed E-state index contributed by atoms with van der Waals surface area (Å²) in [6, 6.07) is 10.3. The van der Waals surface area contributed by atoms with Crippen LogP contribution >= 0.6 is 0 Å². The molecule has 1 N–H and O–H groups in total. The second-order valence-corrected chi connectivity index (χ2v) is 6.66. The fourth-order valence-corrected chi connectivity index (χ4v) is 2.76. The van der Waals surface area contributed by atoms with Crippen LogP contribution in [0.3, 0.4) is 0 Å². The van der Waals surface area contributed by atoms with Gasteiger partial charge in [-0.3, -0.25) is 14.4 Å². The van der Waals surface area contributed by atoms with Crippen molar-refractivity contribution in [2.75, 3.05) is 13.7 Å². The Bertz CT molecular complexity index is 904. The topological polar surface area (TPSA) is 81.7 Å². The van der Waals surface area contributed by atoms with Crippen LogP contribution < -0.4 is 10.1 Å². The predicted molar refractivity (Wildman–Crippen MR) is 106 cm³/mol. The number of benzene rings is 2. The van der Waals surface area contributed by atoms with Crippen LogP contribution in [-0.4, -0.2) is 37.4 Å². The molecular formula is C22H25NO5. The maximum atomic E-state index is 12.6. The molecule has 0 aliphatic carbocycles. The van der Waals surface area contributed by atoms with Crippen LogP contribution in [0.2, 0.25) is 0 Å². The number of nitrogens with one attached hydrogen (secondary N) is 1. The van der Waals surface area contributed by atoms with E-state index >= 15 is 0 Å². The number of ether oxygens (including phenoxy) is 2. The maximum Gasteiger partial charge on any atom is 0.326 e. The van der Waals surface area contributed by atoms with Crippen LogP contribution in [0.5, 0.6) is 5.75 Å². The van der Waals surface area contributed by atoms with Gasteiger partial charge in [0, 0.05) is 11.1 Å². The van der Waals surface area contributed by atoms with Crippen LogP contribution in [0, 0.1) is 20.8 Å². The van der Waals surface area contributed by atoms with Crippen molar-refractivity contribution in [3.63, 3.8) is 0 Å². The smallest absolute Gasteiger partial charge is 0.326 e. The molecule has 0 bridgehead atoms. The van der Waals surface area contributed by atoms with Crippen molar-refractivity contribution in [3.8, 4) is 5.75 Å². The Balaban J connectivity index is 1.94. The summed E-state index contributed by atoms with van der Waals surface area (Å²) in [5, 5.41) is 2.48. The van der Waals surface area contributed by atoms with Gasteiger partial charge in [0.05, 0.1) is 7.11 Å². The van der Waals surface area contributed by atoms with Gasteiger partial charge in [-0.2, -0.15) is 0 Å². The fourth-order valence-electron chi connectivity index (χ4n) is 2.76. The van der Waals surface area contributed by atoms with E-state index in [1.165, 1.54) is 14.0 Å². The highest BCUT2D eigenvalue weighted by Gasteiger charge is 2.22. The van der Waals surface area contributed by atoms with Crippen LogP contribution in [-0.2, 0) is 9.53 Å². The summed E-state index contributed by atoms with van der Waals surface area (Å²) in [6.45, 7) is 6.95. The first-order valence-electron chi connectivity index (χ1n) is 8.96. The number of carbonyl (C=O) groups is 3. The lowest BCUT2D eigenvalue weighted by molar-refractivity contribution is -0.145. The lowest BCUT2D eigenvalue weighted by Crippen LogP contribution is -2.34. The van der Waals surface area contributed by atoms with E-state index in [0.29, 0.717) is 16.9 Å². The first-order valence-corrected chi connectivity index (χ1v) is 8.96. The van der Waals surface area contributed by atoms with Gasteiger partial charge in [-0.15, -0.1) is 0 Å². The minimum atomic E-state index is -0.943. The van der Waals surface area contributed by atoms with E-state index in [1.807, 2.05) is 32.9 Å². The molecule has 0 unspecified atom stereocenters. The Morgan fingerprint density at radius 3 is 2.36 bits per heavy atom. The molecule has 0 saturated heterocycles. The van der Waals surface area contributed by atoms with Crippen LogP contribution in [0.4, 0.5) is 0 Å². The molecule has 1 atom stereocenters. The number of methoxy groups -OCH3 is 1. The van der Waals surface area contributed by atoms with Crippen molar-refractivity contribution < 1.29 is 23.9 Å². The second-order valence-electron chi connectivity index (χ2n) is 6.66. The summed E-state index contributed by atoms with van der Waals surface area (Å²) in [6.07, 6.45) is -0.943. The molecule has 6 heteroatoms. The van der Waals surface area contributed by atoms with Gasteiger partial charge in [0.15, 0.2) is 6.10 Å². The molecule has 0 heterocycles. The van der Waals surface area contributed by atoms with Gasteiger partial charge in [-0.05, 0) is 68.7 Å². The first-order chi connectivity index (χ1) is 13.2. The van der Waals surface area contributed by atoms with Gasteiger partial charge in [-0.25, -0.2) is 0 Å². The average Bonchev–Trinajstić information content (AvgIpc) is 2.68. The minimum Gasteiger partial charge on any atom is -0.497 e. The molecule has 1 amide bonds. The van der Waals surface area contributed by atoms with Crippen molar-refractivity contribution in [2.24, 2.45) is 0 Å². The molecule has 2 aromatic carbocycles. The zero-order valence-electron chi connectivity index (χ0n) is 16.8. The Morgan fingerprint density at radius 2 is 1.68 bits per heavy atom. The highest BCUT2D eigenvalue weighted by Crippen LogP contribution is 2.18. The zero-order chi connectivity index (χ0) is 20.8. The molecule has 28 heavy (non-hydrogen) atoms. The number of rotatable bonds is 7. The number of carbonyl (C=O) groups excluding carboxylic acids is 3. The molecule has 0 aliphatic rings. The molecule has 6 nitrogen and oxygen atoms in total. The van der Waals surface area contributed by atoms with Crippen molar-refractivity contribution in [1.29, 1.82) is 0 Å². The van der Waals surface area contributed by atoms with Crippen molar-refractivity contribution in [1.82, 2.24) is 5.32 Å². The molecule has 0 fully saturated rings. The lowest BCUT2D eigenvalue weighted by Gasteiger charge is -2.15. The summed E-state index contributed by atoms with van der Waals surface area (Å²) >= 11 is 0. The van der Waals surface area contributed by atoms with Gasteiger partial charge in [0.25, 0.3) is 5.91 Å². The third-order valence-electron chi connectivity index (χ3n) is 4.51. The number of aryl methyl sites for hydroxylation is 3. The molecule has 0 saturated carbocycles. The molecular weight excluding hydrogens is 358 g/mol. The standard InChI is InChI=1S/C22H25NO5/c1-13-9-15(3)19(10-14(13)2)21(25)16(4)28-20(24)12-23-22(26)17-7-6-8-18(11-17)27-5/h6-11,16H,12H2,1-5H3,(H,23,26)/t16-/m0/s1. The van der Waals surface area contributed by atoms with Crippen LogP contribution in [0.1, 0.15) is 44.3 Å². The SMILES string of the molecule is COc1cccc(C(=O)NCC(=O)O[C@@H](C)C(=O)c2cc(C)c(C)cc2C)c1. The number of ketones is 1. The third kappa shape index (κ3) is 5.19. The van der Waals surface area contributed by atoms with E-state index in [1.54, 1.807) is 24.3 Å². The Hall–Kier alpha value is -3.15. The summed E-state index contributed by atoms with van der Waals surface area (Å²) < 4.78 is 10.3. The maximum absolute atomic E-state index is 12.6. The molecule has 0 spiro atoms. The quantitative estimate of drug-likeness (QED) is 0.587. The van der Waals surface area contributed by atoms with Gasteiger partial charge >= 0.3 is 5.97 Å². The van der Waals surface area contributed by atoms with Crippen molar-refractivity contribution in [2.45, 2.75) is 33.8 Å². The normalized spacial score (nSPS) is 11.5. The largest absolute Gasteiger partial charge is 0.497 e. The van der Waals surface area contributed by atoms with E-state index < -0.39 is 18.0 Å². The highest BCUT2D eigenvalue weighted by molar-refractivity contribution is 6.02. The molecule has 0 radical (unpaired) electrons. The third-order valence-corrected chi connectivity index (χ3v) is 4.51. The Kier molecular flexibility index (Phi) is 6.93. The summed E-state index contributed by atoms with van der Waals surface area (Å²) in [5.41, 5.74) is 3.82. The summed E-state index contributed by atoms with van der Waals surface area (Å²) in [4.78, 5) is 36.8. The number of Topliss-reactive ketones (excluding diaryl/α,β-unsaturated/α-hetero) is 1. The van der Waals surface area contributed by atoms with Gasteiger partial charge in [-0.1, -0.05) is 12.1 Å². The summed E-state index contributed by atoms with van der Waals surface area (Å²) in [5.74, 6) is -0.843. The number of esters is 1. The average molecular weight is 383 g/mol. The first kappa shape index (κ1) is 21.2. The Morgan fingerprint density at radius 1 is 1.00 bits per heavy atom. The molecule has 148 valence electrons. The van der Waals surface area contributed by atoms with Gasteiger partial charge in [0.1, 0.15) is 12.3 Å². The van der Waals surface area contributed by atoms with Crippen LogP contribution in [0.15, 0.2) is 36.4 Å². The molecule has 0 aliphatic heterocycles. The second kappa shape index (κ2) is 9.17. The lowest BCUT2D eigenvalue weighted by atomic mass is 9.96. The number of hydrogen-bond donors (Lipinski definition) is 1. The number of hydrogen-bond acceptors (Lipinski definition) is 5. The van der Waals surface area contributed by atoms with E-state index in [-0.39, 0.29) is 12.3 Å². The monoisotopic (exact) mass is 383 g/mol. The summed E-state index contributed by atoms with van der Waals surface area (Å²) in [7, 11) is 1.50. The van der Waals surface area contributed by atoms with Crippen molar-refractivity contribution in [3.05, 3.63) is 64.2 Å². The number of amides is 1. The molecule has 2 aromatic rings. The predicted octanol–water partition coefficient (Wildman–Crippen LogP) is 3.16. The molecule has 0 aromatic heterocycles.